The average Bonchev–Trinajstić information content (AvgIpc) is 3.74. The summed E-state index contributed by atoms with van der Waals surface area (Å²) in [5.74, 6) is 0.708. The number of hydrogen-bond donors (Lipinski definition) is 0. The number of hydrogen-bond acceptors (Lipinski definition) is 3. The van der Waals surface area contributed by atoms with Crippen molar-refractivity contribution in [3.05, 3.63) is 176 Å². The van der Waals surface area contributed by atoms with Gasteiger partial charge in [-0.3, -0.25) is 0 Å². The van der Waals surface area contributed by atoms with Crippen molar-refractivity contribution in [2.75, 3.05) is 0 Å². The van der Waals surface area contributed by atoms with Gasteiger partial charge in [0.2, 0.25) is 0 Å². The van der Waals surface area contributed by atoms with Gasteiger partial charge >= 0.3 is 0 Å². The fourth-order valence-corrected chi connectivity index (χ4v) is 8.37. The van der Waals surface area contributed by atoms with E-state index in [-0.39, 0.29) is 0 Å². The second-order valence-electron chi connectivity index (χ2n) is 12.6. The lowest BCUT2D eigenvalue weighted by Gasteiger charge is -2.11. The summed E-state index contributed by atoms with van der Waals surface area (Å²) in [6.07, 6.45) is 0. The molecule has 0 saturated heterocycles. The summed E-state index contributed by atoms with van der Waals surface area (Å²) < 4.78 is 5.01. The molecule has 234 valence electrons. The molecular formula is C46H29N3S. The second kappa shape index (κ2) is 11.7. The first-order chi connectivity index (χ1) is 24.8. The van der Waals surface area contributed by atoms with Crippen LogP contribution in [0.4, 0.5) is 0 Å². The fourth-order valence-electron chi connectivity index (χ4n) is 7.28. The quantitative estimate of drug-likeness (QED) is 0.185. The van der Waals surface area contributed by atoms with Crippen molar-refractivity contribution in [3.63, 3.8) is 0 Å². The normalized spacial score (nSPS) is 11.6. The van der Waals surface area contributed by atoms with Crippen LogP contribution in [-0.4, -0.2) is 14.5 Å². The SMILES string of the molecule is c1ccc(-c2ccc3c(c2)c2c(-c4nc(-c5ccccc5)cc(-c5ccccc5)n4)cccc2n3-c2ccc3sc4ccccc4c3c2)cc1. The number of benzene rings is 7. The Morgan fingerprint density at radius 3 is 1.76 bits per heavy atom. The molecule has 3 nitrogen and oxygen atoms in total. The van der Waals surface area contributed by atoms with Crippen LogP contribution in [0.1, 0.15) is 0 Å². The zero-order valence-corrected chi connectivity index (χ0v) is 27.8. The van der Waals surface area contributed by atoms with E-state index in [1.54, 1.807) is 0 Å². The molecule has 0 aliphatic heterocycles. The third-order valence-electron chi connectivity index (χ3n) is 9.62. The van der Waals surface area contributed by atoms with E-state index in [1.807, 2.05) is 23.5 Å². The second-order valence-corrected chi connectivity index (χ2v) is 13.7. The van der Waals surface area contributed by atoms with Gasteiger partial charge in [0, 0.05) is 53.3 Å². The third kappa shape index (κ3) is 4.73. The van der Waals surface area contributed by atoms with E-state index < -0.39 is 0 Å². The standard InChI is InChI=1S/C46H29N3S/c1-4-13-30(14-5-1)33-23-25-41-38(27-33)45-36(46-47-39(31-15-6-2-7-16-31)29-40(48-46)32-17-8-3-9-18-32)20-12-21-42(45)49(41)34-24-26-44-37(28-34)35-19-10-11-22-43(35)50-44/h1-29H. The zero-order valence-electron chi connectivity index (χ0n) is 27.0. The molecule has 0 aliphatic rings. The third-order valence-corrected chi connectivity index (χ3v) is 10.8. The van der Waals surface area contributed by atoms with Crippen LogP contribution in [0.15, 0.2) is 176 Å². The fraction of sp³-hybridized carbons (Fsp3) is 0. The Morgan fingerprint density at radius 1 is 0.400 bits per heavy atom. The molecule has 10 aromatic rings. The molecular weight excluding hydrogens is 627 g/mol. The molecule has 0 amide bonds. The van der Waals surface area contributed by atoms with Crippen molar-refractivity contribution in [2.24, 2.45) is 0 Å². The van der Waals surface area contributed by atoms with Crippen molar-refractivity contribution >= 4 is 53.3 Å². The molecule has 50 heavy (non-hydrogen) atoms. The molecule has 0 fully saturated rings. The summed E-state index contributed by atoms with van der Waals surface area (Å²) in [5, 5.41) is 4.88. The van der Waals surface area contributed by atoms with Crippen molar-refractivity contribution in [1.29, 1.82) is 0 Å². The van der Waals surface area contributed by atoms with Gasteiger partial charge in [0.25, 0.3) is 0 Å². The molecule has 0 spiro atoms. The van der Waals surface area contributed by atoms with Gasteiger partial charge in [0.15, 0.2) is 5.82 Å². The van der Waals surface area contributed by atoms with Gasteiger partial charge < -0.3 is 4.57 Å². The minimum Gasteiger partial charge on any atom is -0.309 e. The number of aromatic nitrogens is 3. The Balaban J connectivity index is 1.28. The topological polar surface area (TPSA) is 30.7 Å². The van der Waals surface area contributed by atoms with Crippen LogP contribution in [0.5, 0.6) is 0 Å². The van der Waals surface area contributed by atoms with Crippen LogP contribution < -0.4 is 0 Å². The Bertz CT molecular complexity index is 2800. The summed E-state index contributed by atoms with van der Waals surface area (Å²) in [4.78, 5) is 10.5. The highest BCUT2D eigenvalue weighted by Crippen LogP contribution is 2.42. The number of rotatable bonds is 5. The number of fused-ring (bicyclic) bond motifs is 6. The molecule has 4 heteroatoms. The zero-order chi connectivity index (χ0) is 33.0. The minimum absolute atomic E-state index is 0.708. The van der Waals surface area contributed by atoms with Gasteiger partial charge in [-0.05, 0) is 59.7 Å². The summed E-state index contributed by atoms with van der Waals surface area (Å²) >= 11 is 1.85. The highest BCUT2D eigenvalue weighted by atomic mass is 32.1. The lowest BCUT2D eigenvalue weighted by molar-refractivity contribution is 1.18. The van der Waals surface area contributed by atoms with E-state index in [2.05, 4.69) is 168 Å². The van der Waals surface area contributed by atoms with Crippen molar-refractivity contribution in [2.45, 2.75) is 0 Å². The predicted octanol–water partition coefficient (Wildman–Crippen LogP) is 12.6. The minimum atomic E-state index is 0.708. The average molecular weight is 656 g/mol. The maximum Gasteiger partial charge on any atom is 0.161 e. The lowest BCUT2D eigenvalue weighted by Crippen LogP contribution is -1.97. The van der Waals surface area contributed by atoms with Gasteiger partial charge in [-0.2, -0.15) is 0 Å². The van der Waals surface area contributed by atoms with E-state index in [4.69, 9.17) is 9.97 Å². The Morgan fingerprint density at radius 2 is 1.04 bits per heavy atom. The van der Waals surface area contributed by atoms with E-state index in [0.29, 0.717) is 5.82 Å². The highest BCUT2D eigenvalue weighted by molar-refractivity contribution is 7.25. The van der Waals surface area contributed by atoms with E-state index >= 15 is 0 Å². The highest BCUT2D eigenvalue weighted by Gasteiger charge is 2.20. The van der Waals surface area contributed by atoms with Crippen LogP contribution in [0.25, 0.3) is 92.7 Å². The Kier molecular flexibility index (Phi) is 6.68. The van der Waals surface area contributed by atoms with Gasteiger partial charge in [0.05, 0.1) is 22.4 Å². The first-order valence-electron chi connectivity index (χ1n) is 16.8. The molecule has 0 saturated carbocycles. The summed E-state index contributed by atoms with van der Waals surface area (Å²) in [7, 11) is 0. The van der Waals surface area contributed by atoms with Crippen LogP contribution >= 0.6 is 11.3 Å². The first kappa shape index (κ1) is 28.6. The predicted molar refractivity (Wildman–Crippen MR) is 211 cm³/mol. The van der Waals surface area contributed by atoms with Crippen molar-refractivity contribution in [3.8, 4) is 50.7 Å². The molecule has 0 aliphatic carbocycles. The molecule has 10 rings (SSSR count). The van der Waals surface area contributed by atoms with Crippen LogP contribution in [0.2, 0.25) is 0 Å². The summed E-state index contributed by atoms with van der Waals surface area (Å²) in [6.45, 7) is 0. The van der Waals surface area contributed by atoms with Crippen LogP contribution in [0, 0.1) is 0 Å². The van der Waals surface area contributed by atoms with E-state index in [9.17, 15) is 0 Å². The maximum absolute atomic E-state index is 5.27. The lowest BCUT2D eigenvalue weighted by atomic mass is 10.00. The van der Waals surface area contributed by atoms with E-state index in [1.165, 1.54) is 36.7 Å². The van der Waals surface area contributed by atoms with Crippen molar-refractivity contribution < 1.29 is 0 Å². The first-order valence-corrected chi connectivity index (χ1v) is 17.6. The van der Waals surface area contributed by atoms with E-state index in [0.717, 1.165) is 50.2 Å². The number of nitrogens with zero attached hydrogens (tertiary/aromatic N) is 3. The molecule has 7 aromatic carbocycles. The molecule has 0 N–H and O–H groups in total. The van der Waals surface area contributed by atoms with Gasteiger partial charge in [-0.1, -0.05) is 127 Å². The molecule has 3 aromatic heterocycles. The summed E-state index contributed by atoms with van der Waals surface area (Å²) in [6, 6.07) is 62.5. The van der Waals surface area contributed by atoms with Gasteiger partial charge in [-0.25, -0.2) is 9.97 Å². The molecule has 0 bridgehead atoms. The monoisotopic (exact) mass is 655 g/mol. The van der Waals surface area contributed by atoms with Gasteiger partial charge in [-0.15, -0.1) is 11.3 Å². The van der Waals surface area contributed by atoms with Crippen LogP contribution in [0.3, 0.4) is 0 Å². The number of thiophene rings is 1. The molecule has 3 heterocycles. The molecule has 0 unspecified atom stereocenters. The maximum atomic E-state index is 5.27. The molecule has 0 atom stereocenters. The Hall–Kier alpha value is -6.36. The van der Waals surface area contributed by atoms with Crippen LogP contribution in [-0.2, 0) is 0 Å². The molecule has 0 radical (unpaired) electrons. The Labute approximate surface area is 293 Å². The van der Waals surface area contributed by atoms with Gasteiger partial charge in [0.1, 0.15) is 0 Å². The summed E-state index contributed by atoms with van der Waals surface area (Å²) in [5.41, 5.74) is 10.7. The largest absolute Gasteiger partial charge is 0.309 e. The smallest absolute Gasteiger partial charge is 0.161 e. The van der Waals surface area contributed by atoms with Crippen molar-refractivity contribution in [1.82, 2.24) is 14.5 Å².